The molecule has 1 aromatic rings. The number of hydrazine groups is 1. The average Bonchev–Trinajstić information content (AvgIpc) is 2.89. The molecule has 2 aliphatic rings. The predicted octanol–water partition coefficient (Wildman–Crippen LogP) is 0.587. The Kier molecular flexibility index (Phi) is 2.07. The number of rotatable bonds is 1. The molecule has 1 aromatic heterocycles. The summed E-state index contributed by atoms with van der Waals surface area (Å²) < 4.78 is 7.31. The molecule has 5 heteroatoms. The van der Waals surface area contributed by atoms with Gasteiger partial charge >= 0.3 is 0 Å². The van der Waals surface area contributed by atoms with Crippen LogP contribution >= 0.6 is 11.3 Å². The molecular weight excluding hydrogens is 212 g/mol. The highest BCUT2D eigenvalue weighted by Gasteiger charge is 2.50. The number of hydrogen-bond acceptors (Lipinski definition) is 3. The second-order valence-electron chi connectivity index (χ2n) is 3.68. The van der Waals surface area contributed by atoms with Gasteiger partial charge in [0.15, 0.2) is 0 Å². The summed E-state index contributed by atoms with van der Waals surface area (Å²) in [6.07, 6.45) is 2.64. The van der Waals surface area contributed by atoms with Crippen molar-refractivity contribution >= 4 is 23.5 Å². The number of amides is 1. The van der Waals surface area contributed by atoms with Crippen LogP contribution in [0.5, 0.6) is 0 Å². The van der Waals surface area contributed by atoms with Gasteiger partial charge in [0.05, 0.1) is 11.5 Å². The summed E-state index contributed by atoms with van der Waals surface area (Å²) in [5, 5.41) is 2.01. The summed E-state index contributed by atoms with van der Waals surface area (Å²) in [5.41, 5.74) is 2.81. The van der Waals surface area contributed by atoms with Crippen molar-refractivity contribution in [3.05, 3.63) is 22.4 Å². The number of fused-ring (bicyclic) bond motifs is 1. The van der Waals surface area contributed by atoms with Crippen molar-refractivity contribution in [1.29, 1.82) is 0 Å². The van der Waals surface area contributed by atoms with Crippen LogP contribution in [-0.2, 0) is 9.53 Å². The fourth-order valence-corrected chi connectivity index (χ4v) is 2.64. The fourth-order valence-electron chi connectivity index (χ4n) is 1.99. The maximum Gasteiger partial charge on any atom is 0.297 e. The second kappa shape index (κ2) is 3.43. The number of carbonyl (C=O) groups excluding carboxylic acids is 1. The normalized spacial score (nSPS) is 32.0. The van der Waals surface area contributed by atoms with E-state index in [1.54, 1.807) is 16.0 Å². The van der Waals surface area contributed by atoms with Gasteiger partial charge in [0.1, 0.15) is 5.92 Å². The first-order valence-corrected chi connectivity index (χ1v) is 5.81. The van der Waals surface area contributed by atoms with Crippen molar-refractivity contribution in [1.82, 2.24) is 5.43 Å². The predicted molar refractivity (Wildman–Crippen MR) is 55.7 cm³/mol. The van der Waals surface area contributed by atoms with Crippen LogP contribution in [0.25, 0.3) is 0 Å². The summed E-state index contributed by atoms with van der Waals surface area (Å²) in [4.78, 5) is 12.7. The number of nitrogens with zero attached hydrogens (tertiary/aromatic N) is 1. The van der Waals surface area contributed by atoms with Gasteiger partial charge in [-0.25, -0.2) is 0 Å². The minimum Gasteiger partial charge on any atom is -0.319 e. The Morgan fingerprint density at radius 3 is 3.40 bits per heavy atom. The van der Waals surface area contributed by atoms with E-state index in [2.05, 4.69) is 5.43 Å². The van der Waals surface area contributed by atoms with E-state index in [1.807, 2.05) is 23.7 Å². The van der Waals surface area contributed by atoms with E-state index in [0.29, 0.717) is 6.61 Å². The van der Waals surface area contributed by atoms with Gasteiger partial charge in [-0.15, -0.1) is 16.8 Å². The lowest BCUT2D eigenvalue weighted by molar-refractivity contribution is -0.630. The van der Waals surface area contributed by atoms with Crippen molar-refractivity contribution in [2.45, 2.75) is 12.6 Å². The third-order valence-electron chi connectivity index (χ3n) is 2.72. The van der Waals surface area contributed by atoms with Crippen LogP contribution in [-0.4, -0.2) is 29.6 Å². The molecule has 2 aliphatic heterocycles. The Morgan fingerprint density at radius 2 is 2.60 bits per heavy atom. The highest BCUT2D eigenvalue weighted by atomic mass is 32.1. The molecule has 1 N–H and O–H groups in total. The van der Waals surface area contributed by atoms with Gasteiger partial charge in [0, 0.05) is 0 Å². The highest BCUT2D eigenvalue weighted by molar-refractivity contribution is 7.11. The number of hydrazone groups is 1. The van der Waals surface area contributed by atoms with Crippen LogP contribution in [0.3, 0.4) is 0 Å². The van der Waals surface area contributed by atoms with E-state index in [0.717, 1.165) is 11.3 Å². The maximum absolute atomic E-state index is 11.5. The molecule has 2 atom stereocenters. The Morgan fingerprint density at radius 1 is 1.67 bits per heavy atom. The van der Waals surface area contributed by atoms with Crippen molar-refractivity contribution in [2.24, 2.45) is 5.92 Å². The molecule has 15 heavy (non-hydrogen) atoms. The van der Waals surface area contributed by atoms with Crippen LogP contribution in [0.4, 0.5) is 0 Å². The molecule has 3 heterocycles. The first-order chi connectivity index (χ1) is 7.34. The van der Waals surface area contributed by atoms with Crippen molar-refractivity contribution in [2.75, 3.05) is 6.61 Å². The molecule has 0 spiro atoms. The molecule has 78 valence electrons. The third-order valence-corrected chi connectivity index (χ3v) is 3.53. The third kappa shape index (κ3) is 1.48. The molecule has 0 aromatic carbocycles. The van der Waals surface area contributed by atoms with Gasteiger partial charge in [-0.3, -0.25) is 4.79 Å². The largest absolute Gasteiger partial charge is 0.319 e. The Bertz CT molecular complexity index is 413. The van der Waals surface area contributed by atoms with Gasteiger partial charge < -0.3 is 4.74 Å². The molecule has 0 radical (unpaired) electrons. The van der Waals surface area contributed by atoms with Gasteiger partial charge in [-0.05, 0) is 17.9 Å². The number of carbonyl (C=O) groups is 1. The number of nitrogens with one attached hydrogen (secondary N) is 1. The number of ether oxygens (including phenoxy) is 1. The molecular formula is C10H11N2O2S+. The first kappa shape index (κ1) is 9.06. The smallest absolute Gasteiger partial charge is 0.297 e. The van der Waals surface area contributed by atoms with Crippen LogP contribution in [0.1, 0.15) is 11.3 Å². The first-order valence-electron chi connectivity index (χ1n) is 4.93. The molecule has 3 rings (SSSR count). The van der Waals surface area contributed by atoms with Crippen LogP contribution in [0, 0.1) is 5.92 Å². The molecule has 2 fully saturated rings. The monoisotopic (exact) mass is 223 g/mol. The molecule has 0 bridgehead atoms. The van der Waals surface area contributed by atoms with Crippen molar-refractivity contribution in [3.63, 3.8) is 0 Å². The van der Waals surface area contributed by atoms with Gasteiger partial charge in [-0.1, -0.05) is 10.8 Å². The number of hydrogen-bond donors (Lipinski definition) is 1. The van der Waals surface area contributed by atoms with Crippen molar-refractivity contribution < 1.29 is 14.2 Å². The van der Waals surface area contributed by atoms with Crippen LogP contribution < -0.4 is 5.43 Å². The molecule has 0 aliphatic carbocycles. The van der Waals surface area contributed by atoms with Gasteiger partial charge in [0.25, 0.3) is 12.1 Å². The minimum absolute atomic E-state index is 0.00112. The average molecular weight is 223 g/mol. The Labute approximate surface area is 91.2 Å². The maximum atomic E-state index is 11.5. The second-order valence-corrected chi connectivity index (χ2v) is 4.66. The zero-order valence-corrected chi connectivity index (χ0v) is 8.87. The van der Waals surface area contributed by atoms with E-state index in [1.165, 1.54) is 0 Å². The van der Waals surface area contributed by atoms with E-state index in [-0.39, 0.29) is 18.1 Å². The highest BCUT2D eigenvalue weighted by Crippen LogP contribution is 2.25. The van der Waals surface area contributed by atoms with Crippen molar-refractivity contribution in [3.8, 4) is 0 Å². The summed E-state index contributed by atoms with van der Waals surface area (Å²) in [6.45, 7) is 0.678. The topological polar surface area (TPSA) is 41.3 Å². The Hall–Kier alpha value is -1.20. The molecule has 2 saturated heterocycles. The van der Waals surface area contributed by atoms with Gasteiger partial charge in [0.2, 0.25) is 6.21 Å². The zero-order chi connectivity index (χ0) is 10.3. The van der Waals surface area contributed by atoms with E-state index in [9.17, 15) is 4.79 Å². The summed E-state index contributed by atoms with van der Waals surface area (Å²) >= 11 is 1.64. The summed E-state index contributed by atoms with van der Waals surface area (Å²) in [6, 6.07) is 4.00. The van der Waals surface area contributed by atoms with Gasteiger partial charge in [-0.2, -0.15) is 0 Å². The standard InChI is InChI=1S/C10H10N2O2S/c13-9-8-3-4-14-10(8)12(11-9)6-7-2-1-5-15-7/h1-2,5-6,8,10H,3-4H2/p+1/b12-6-. The molecule has 0 saturated carbocycles. The van der Waals surface area contributed by atoms with E-state index < -0.39 is 0 Å². The lowest BCUT2D eigenvalue weighted by Crippen LogP contribution is -2.31. The van der Waals surface area contributed by atoms with E-state index >= 15 is 0 Å². The quantitative estimate of drug-likeness (QED) is 0.708. The zero-order valence-electron chi connectivity index (χ0n) is 8.05. The SMILES string of the molecule is O=C1N/[N+](=C\c2cccs2)C2OCCC12. The lowest BCUT2D eigenvalue weighted by Gasteiger charge is -1.99. The summed E-state index contributed by atoms with van der Waals surface area (Å²) in [7, 11) is 0. The number of thiophene rings is 1. The summed E-state index contributed by atoms with van der Waals surface area (Å²) in [5.74, 6) is 0.0755. The lowest BCUT2D eigenvalue weighted by atomic mass is 10.1. The van der Waals surface area contributed by atoms with E-state index in [4.69, 9.17) is 4.74 Å². The van der Waals surface area contributed by atoms with Crippen LogP contribution in [0.2, 0.25) is 0 Å². The molecule has 4 nitrogen and oxygen atoms in total. The minimum atomic E-state index is -0.111. The van der Waals surface area contributed by atoms with Crippen LogP contribution in [0.15, 0.2) is 17.5 Å². The molecule has 2 unspecified atom stereocenters. The fraction of sp³-hybridized carbons (Fsp3) is 0.400. The molecule has 1 amide bonds. The Balaban J connectivity index is 1.91.